The molecule has 2 N–H and O–H groups in total. The molecule has 2 saturated heterocycles. The highest BCUT2D eigenvalue weighted by Crippen LogP contribution is 2.32. The summed E-state index contributed by atoms with van der Waals surface area (Å²) in [5.41, 5.74) is -0.558. The van der Waals surface area contributed by atoms with Gasteiger partial charge in [0.05, 0.1) is 5.41 Å². The van der Waals surface area contributed by atoms with E-state index in [0.717, 1.165) is 10.5 Å². The Hall–Kier alpha value is -2.90. The summed E-state index contributed by atoms with van der Waals surface area (Å²) < 4.78 is 0. The van der Waals surface area contributed by atoms with Crippen LogP contribution < -0.4 is 5.32 Å². The molecule has 2 fully saturated rings. The van der Waals surface area contributed by atoms with Gasteiger partial charge in [-0.05, 0) is 32.8 Å². The highest BCUT2D eigenvalue weighted by atomic mass is 16.4. The van der Waals surface area contributed by atoms with Gasteiger partial charge >= 0.3 is 12.0 Å². The summed E-state index contributed by atoms with van der Waals surface area (Å²) in [6.07, 6.45) is 0.343. The molecule has 3 rings (SSSR count). The largest absolute Gasteiger partial charge is 0.481 e. The van der Waals surface area contributed by atoms with Crippen LogP contribution in [-0.2, 0) is 19.9 Å². The van der Waals surface area contributed by atoms with Gasteiger partial charge in [-0.1, -0.05) is 29.8 Å². The summed E-state index contributed by atoms with van der Waals surface area (Å²) in [6, 6.07) is 6.63. The second kappa shape index (κ2) is 6.37. The first-order valence-electron chi connectivity index (χ1n) is 8.79. The third-order valence-electron chi connectivity index (χ3n) is 5.54. The minimum Gasteiger partial charge on any atom is -0.481 e. The number of aliphatic carboxylic acids is 1. The van der Waals surface area contributed by atoms with E-state index >= 15 is 0 Å². The molecule has 2 heterocycles. The summed E-state index contributed by atoms with van der Waals surface area (Å²) in [4.78, 5) is 51.4. The molecule has 1 aromatic carbocycles. The normalized spacial score (nSPS) is 27.8. The van der Waals surface area contributed by atoms with Crippen molar-refractivity contribution >= 4 is 23.8 Å². The monoisotopic (exact) mass is 373 g/mol. The SMILES string of the molecule is Cc1ccc(C2(C)NC(=O)N(CC(=O)N3CCC(C)(C(=O)O)C3)C2=O)cc1. The number of carboxylic acids is 1. The van der Waals surface area contributed by atoms with Crippen LogP contribution in [0.3, 0.4) is 0 Å². The zero-order chi connectivity index (χ0) is 20.0. The number of nitrogens with one attached hydrogen (secondary N) is 1. The van der Waals surface area contributed by atoms with E-state index < -0.39 is 41.3 Å². The maximum atomic E-state index is 12.9. The van der Waals surface area contributed by atoms with Crippen molar-refractivity contribution < 1.29 is 24.3 Å². The van der Waals surface area contributed by atoms with Crippen molar-refractivity contribution in [3.63, 3.8) is 0 Å². The lowest BCUT2D eigenvalue weighted by Gasteiger charge is -2.24. The Kier molecular flexibility index (Phi) is 4.45. The van der Waals surface area contributed by atoms with E-state index in [4.69, 9.17) is 0 Å². The molecule has 8 heteroatoms. The lowest BCUT2D eigenvalue weighted by Crippen LogP contribution is -2.44. The highest BCUT2D eigenvalue weighted by molar-refractivity contribution is 6.09. The van der Waals surface area contributed by atoms with Crippen LogP contribution in [0.2, 0.25) is 0 Å². The quantitative estimate of drug-likeness (QED) is 0.768. The predicted molar refractivity (Wildman–Crippen MR) is 95.7 cm³/mol. The number of nitrogens with zero attached hydrogens (tertiary/aromatic N) is 2. The molecule has 0 aliphatic carbocycles. The second-order valence-corrected chi connectivity index (χ2v) is 7.74. The zero-order valence-electron chi connectivity index (χ0n) is 15.6. The number of amides is 4. The van der Waals surface area contributed by atoms with Gasteiger partial charge in [0, 0.05) is 13.1 Å². The molecule has 8 nitrogen and oxygen atoms in total. The standard InChI is InChI=1S/C19H23N3O5/c1-12-4-6-13(7-5-12)19(3)15(24)22(17(27)20-19)10-14(23)21-9-8-18(2,11-21)16(25)26/h4-7H,8-11H2,1-3H3,(H,20,27)(H,25,26). The topological polar surface area (TPSA) is 107 Å². The first-order chi connectivity index (χ1) is 12.6. The first-order valence-corrected chi connectivity index (χ1v) is 8.79. The maximum absolute atomic E-state index is 12.9. The number of carboxylic acid groups (broad SMARTS) is 1. The average Bonchev–Trinajstić information content (AvgIpc) is 3.11. The number of aryl methyl sites for hydroxylation is 1. The molecule has 27 heavy (non-hydrogen) atoms. The van der Waals surface area contributed by atoms with E-state index in [0.29, 0.717) is 18.5 Å². The van der Waals surface area contributed by atoms with Crippen LogP contribution in [0.4, 0.5) is 4.79 Å². The molecule has 0 radical (unpaired) electrons. The fourth-order valence-corrected chi connectivity index (χ4v) is 3.51. The molecule has 0 bridgehead atoms. The van der Waals surface area contributed by atoms with Crippen LogP contribution in [0.15, 0.2) is 24.3 Å². The van der Waals surface area contributed by atoms with Gasteiger partial charge in [-0.2, -0.15) is 0 Å². The van der Waals surface area contributed by atoms with E-state index in [1.165, 1.54) is 4.90 Å². The van der Waals surface area contributed by atoms with E-state index in [-0.39, 0.29) is 6.54 Å². The molecule has 2 unspecified atom stereocenters. The number of carbonyl (C=O) groups excluding carboxylic acids is 3. The van der Waals surface area contributed by atoms with Crippen molar-refractivity contribution in [2.24, 2.45) is 5.41 Å². The van der Waals surface area contributed by atoms with Gasteiger partial charge in [-0.3, -0.25) is 19.3 Å². The van der Waals surface area contributed by atoms with Crippen molar-refractivity contribution in [1.29, 1.82) is 0 Å². The van der Waals surface area contributed by atoms with Gasteiger partial charge in [-0.25, -0.2) is 4.79 Å². The zero-order valence-corrected chi connectivity index (χ0v) is 15.6. The van der Waals surface area contributed by atoms with Gasteiger partial charge < -0.3 is 15.3 Å². The van der Waals surface area contributed by atoms with Crippen molar-refractivity contribution in [1.82, 2.24) is 15.1 Å². The molecule has 0 saturated carbocycles. The number of urea groups is 1. The number of hydrogen-bond acceptors (Lipinski definition) is 4. The van der Waals surface area contributed by atoms with E-state index in [2.05, 4.69) is 5.32 Å². The smallest absolute Gasteiger partial charge is 0.325 e. The molecule has 2 atom stereocenters. The van der Waals surface area contributed by atoms with E-state index in [9.17, 15) is 24.3 Å². The van der Waals surface area contributed by atoms with Gasteiger partial charge in [0.25, 0.3) is 5.91 Å². The number of hydrogen-bond donors (Lipinski definition) is 2. The molecular formula is C19H23N3O5. The molecule has 0 spiro atoms. The molecule has 0 aromatic heterocycles. The molecule has 1 aromatic rings. The van der Waals surface area contributed by atoms with Crippen LogP contribution in [0.1, 0.15) is 31.4 Å². The van der Waals surface area contributed by atoms with Crippen molar-refractivity contribution in [2.45, 2.75) is 32.7 Å². The lowest BCUT2D eigenvalue weighted by atomic mass is 9.90. The van der Waals surface area contributed by atoms with Crippen molar-refractivity contribution in [2.75, 3.05) is 19.6 Å². The Bertz CT molecular complexity index is 821. The fourth-order valence-electron chi connectivity index (χ4n) is 3.51. The molecule has 2 aliphatic heterocycles. The Morgan fingerprint density at radius 2 is 1.81 bits per heavy atom. The Labute approximate surface area is 157 Å². The van der Waals surface area contributed by atoms with Gasteiger partial charge in [-0.15, -0.1) is 0 Å². The summed E-state index contributed by atoms with van der Waals surface area (Å²) in [7, 11) is 0. The van der Waals surface area contributed by atoms with Crippen LogP contribution in [-0.4, -0.2) is 58.4 Å². The van der Waals surface area contributed by atoms with Crippen LogP contribution in [0.5, 0.6) is 0 Å². The Morgan fingerprint density at radius 1 is 1.19 bits per heavy atom. The summed E-state index contributed by atoms with van der Waals surface area (Å²) in [5.74, 6) is -1.89. The highest BCUT2D eigenvalue weighted by Gasteiger charge is 2.50. The summed E-state index contributed by atoms with van der Waals surface area (Å²) in [5, 5.41) is 12.0. The average molecular weight is 373 g/mol. The summed E-state index contributed by atoms with van der Waals surface area (Å²) >= 11 is 0. The number of carbonyl (C=O) groups is 4. The second-order valence-electron chi connectivity index (χ2n) is 7.74. The first kappa shape index (κ1) is 18.9. The minimum atomic E-state index is -1.23. The minimum absolute atomic E-state index is 0.0695. The van der Waals surface area contributed by atoms with Gasteiger partial charge in [0.2, 0.25) is 5.91 Å². The lowest BCUT2D eigenvalue weighted by molar-refractivity contribution is -0.147. The predicted octanol–water partition coefficient (Wildman–Crippen LogP) is 1.09. The fraction of sp³-hybridized carbons (Fsp3) is 0.474. The van der Waals surface area contributed by atoms with E-state index in [1.54, 1.807) is 26.0 Å². The van der Waals surface area contributed by atoms with Crippen molar-refractivity contribution in [3.05, 3.63) is 35.4 Å². The summed E-state index contributed by atoms with van der Waals surface area (Å²) in [6.45, 7) is 5.08. The molecule has 4 amide bonds. The van der Waals surface area contributed by atoms with Crippen LogP contribution >= 0.6 is 0 Å². The third kappa shape index (κ3) is 3.15. The van der Waals surface area contributed by atoms with E-state index in [1.807, 2.05) is 19.1 Å². The number of rotatable bonds is 4. The maximum Gasteiger partial charge on any atom is 0.325 e. The van der Waals surface area contributed by atoms with Crippen LogP contribution in [0, 0.1) is 12.3 Å². The number of benzene rings is 1. The van der Waals surface area contributed by atoms with Gasteiger partial charge in [0.1, 0.15) is 12.1 Å². The molecule has 2 aliphatic rings. The van der Waals surface area contributed by atoms with Crippen molar-refractivity contribution in [3.8, 4) is 0 Å². The number of likely N-dealkylation sites (tertiary alicyclic amines) is 1. The Balaban J connectivity index is 1.74. The number of imide groups is 1. The molecule has 144 valence electrons. The van der Waals surface area contributed by atoms with Gasteiger partial charge in [0.15, 0.2) is 0 Å². The molecular weight excluding hydrogens is 350 g/mol. The Morgan fingerprint density at radius 3 is 2.37 bits per heavy atom. The third-order valence-corrected chi connectivity index (χ3v) is 5.54. The van der Waals surface area contributed by atoms with Crippen LogP contribution in [0.25, 0.3) is 0 Å².